The molecule has 9 aromatic rings. The molecule has 81 heavy (non-hydrogen) atoms. The fourth-order valence-electron chi connectivity index (χ4n) is 10.0. The van der Waals surface area contributed by atoms with Crippen molar-refractivity contribution in [1.82, 2.24) is 73.1 Å². The van der Waals surface area contributed by atoms with Crippen LogP contribution in [0.3, 0.4) is 0 Å². The molecular weight excluding hydrogens is 1030 g/mol. The van der Waals surface area contributed by atoms with E-state index in [1.807, 2.05) is 36.4 Å². The number of carbonyl (C=O) groups excluding carboxylic acids is 3. The highest BCUT2D eigenvalue weighted by Crippen LogP contribution is 2.30. The van der Waals surface area contributed by atoms with E-state index in [1.54, 1.807) is 50.3 Å². The lowest BCUT2D eigenvalue weighted by Gasteiger charge is -2.18. The molecule has 21 nitrogen and oxygen atoms in total. The van der Waals surface area contributed by atoms with Gasteiger partial charge in [0, 0.05) is 56.1 Å². The maximum atomic E-state index is 12.5. The van der Waals surface area contributed by atoms with Crippen molar-refractivity contribution in [3.05, 3.63) is 193 Å². The average molecular weight is 1090 g/mol. The van der Waals surface area contributed by atoms with Crippen LogP contribution in [0.2, 0.25) is 0 Å². The van der Waals surface area contributed by atoms with Gasteiger partial charge in [-0.15, -0.1) is 0 Å². The van der Waals surface area contributed by atoms with Crippen LogP contribution in [0.5, 0.6) is 0 Å². The van der Waals surface area contributed by atoms with Crippen LogP contribution < -0.4 is 16.7 Å². The molecule has 0 aliphatic heterocycles. The van der Waals surface area contributed by atoms with Crippen LogP contribution in [0.15, 0.2) is 143 Å². The normalized spacial score (nSPS) is 17.1. The second-order valence-electron chi connectivity index (χ2n) is 21.4. The monoisotopic (exact) mass is 1090 g/mol. The number of allylic oxidation sites excluding steroid dienone is 6. The summed E-state index contributed by atoms with van der Waals surface area (Å²) in [7, 11) is 0. The summed E-state index contributed by atoms with van der Waals surface area (Å²) in [5.41, 5.74) is 9.72. The van der Waals surface area contributed by atoms with E-state index in [-0.39, 0.29) is 72.9 Å². The predicted molar refractivity (Wildman–Crippen MR) is 304 cm³/mol. The van der Waals surface area contributed by atoms with Crippen LogP contribution in [0, 0.1) is 17.8 Å². The Morgan fingerprint density at radius 1 is 0.420 bits per heavy atom. The second kappa shape index (κ2) is 25.2. The molecule has 3 unspecified atom stereocenters. The SMILES string of the molecule is CC1CC=C(c2ccc(=O)n(CC(=O)Cc3ccc4ncnn4c3)n2)CC1.CC1CC=C(c2ccc(=O)n(CC(=O)Cc3ccc4ncnn4c3)n2)CC1.CC1CC=C(c2ccc(=O)n(CC(=O)Cc3ccc4ncnn4c3)n2)CC1. The zero-order valence-electron chi connectivity index (χ0n) is 45.6. The molecule has 0 saturated heterocycles. The number of rotatable bonds is 15. The minimum Gasteiger partial charge on any atom is -0.297 e. The van der Waals surface area contributed by atoms with Gasteiger partial charge >= 0.3 is 0 Å². The molecule has 0 fully saturated rings. The van der Waals surface area contributed by atoms with Gasteiger partial charge in [0.15, 0.2) is 34.3 Å². The maximum absolute atomic E-state index is 12.5. The summed E-state index contributed by atoms with van der Waals surface area (Å²) in [6, 6.07) is 20.7. The molecule has 12 rings (SSSR count). The molecule has 9 aromatic heterocycles. The maximum Gasteiger partial charge on any atom is 0.267 e. The van der Waals surface area contributed by atoms with Gasteiger partial charge in [0.25, 0.3) is 16.7 Å². The van der Waals surface area contributed by atoms with Gasteiger partial charge in [-0.05, 0) is 145 Å². The van der Waals surface area contributed by atoms with Gasteiger partial charge in [0.2, 0.25) is 0 Å². The first-order valence-electron chi connectivity index (χ1n) is 27.5. The molecule has 0 spiro atoms. The number of ketones is 3. The fraction of sp³-hybridized carbons (Fsp3) is 0.350. The summed E-state index contributed by atoms with van der Waals surface area (Å²) < 4.78 is 8.69. The molecular formula is C60H63N15O6. The van der Waals surface area contributed by atoms with Crippen molar-refractivity contribution in [2.24, 2.45) is 17.8 Å². The summed E-state index contributed by atoms with van der Waals surface area (Å²) in [4.78, 5) is 86.1. The molecule has 0 amide bonds. The van der Waals surface area contributed by atoms with Gasteiger partial charge in [0.1, 0.15) is 38.6 Å². The topological polar surface area (TPSA) is 246 Å². The van der Waals surface area contributed by atoms with E-state index >= 15 is 0 Å². The molecule has 414 valence electrons. The smallest absolute Gasteiger partial charge is 0.267 e. The van der Waals surface area contributed by atoms with Crippen LogP contribution in [-0.4, -0.2) is 90.5 Å². The predicted octanol–water partition coefficient (Wildman–Crippen LogP) is 6.90. The van der Waals surface area contributed by atoms with E-state index in [0.29, 0.717) is 17.8 Å². The Hall–Kier alpha value is -9.27. The van der Waals surface area contributed by atoms with E-state index in [4.69, 9.17) is 0 Å². The Morgan fingerprint density at radius 3 is 0.988 bits per heavy atom. The van der Waals surface area contributed by atoms with Gasteiger partial charge in [-0.1, -0.05) is 57.2 Å². The van der Waals surface area contributed by atoms with Gasteiger partial charge < -0.3 is 0 Å². The van der Waals surface area contributed by atoms with Crippen LogP contribution in [0.4, 0.5) is 0 Å². The number of nitrogens with zero attached hydrogens (tertiary/aromatic N) is 15. The van der Waals surface area contributed by atoms with Crippen LogP contribution in [0.25, 0.3) is 33.7 Å². The van der Waals surface area contributed by atoms with E-state index in [9.17, 15) is 28.8 Å². The van der Waals surface area contributed by atoms with Gasteiger partial charge in [-0.2, -0.15) is 30.6 Å². The Kier molecular flexibility index (Phi) is 17.2. The Labute approximate surface area is 465 Å². The van der Waals surface area contributed by atoms with Gasteiger partial charge in [0.05, 0.1) is 17.1 Å². The van der Waals surface area contributed by atoms with Gasteiger partial charge in [-0.3, -0.25) is 28.8 Å². The van der Waals surface area contributed by atoms with Crippen molar-refractivity contribution in [3.63, 3.8) is 0 Å². The zero-order valence-corrected chi connectivity index (χ0v) is 45.6. The molecule has 21 heteroatoms. The first-order valence-corrected chi connectivity index (χ1v) is 27.5. The molecule has 3 aliphatic rings. The van der Waals surface area contributed by atoms with E-state index < -0.39 is 0 Å². The Bertz CT molecular complexity index is 3650. The standard InChI is InChI=1S/3C20H21N5O2/c3*1-14-2-5-16(6-3-14)18-7-9-20(27)25(23-18)12-17(26)10-15-4-8-19-21-13-22-24(19)11-15/h3*4-5,7-9,11,13-14H,2-3,6,10,12H2,1H3. The molecule has 0 aromatic carbocycles. The molecule has 0 N–H and O–H groups in total. The van der Waals surface area contributed by atoms with Crippen LogP contribution in [0.1, 0.15) is 112 Å². The quantitative estimate of drug-likeness (QED) is 0.101. The summed E-state index contributed by atoms with van der Waals surface area (Å²) >= 11 is 0. The van der Waals surface area contributed by atoms with Crippen molar-refractivity contribution in [1.29, 1.82) is 0 Å². The number of hydrogen-bond donors (Lipinski definition) is 0. The highest BCUT2D eigenvalue weighted by atomic mass is 16.2. The van der Waals surface area contributed by atoms with E-state index in [0.717, 1.165) is 125 Å². The van der Waals surface area contributed by atoms with Crippen molar-refractivity contribution in [2.45, 2.75) is 117 Å². The van der Waals surface area contributed by atoms with Gasteiger partial charge in [-0.25, -0.2) is 42.5 Å². The van der Waals surface area contributed by atoms with Crippen molar-refractivity contribution >= 4 is 51.0 Å². The minimum absolute atomic E-state index is 0.0360. The molecule has 0 saturated carbocycles. The van der Waals surface area contributed by atoms with Crippen LogP contribution >= 0.6 is 0 Å². The number of carbonyl (C=O) groups is 3. The third-order valence-corrected chi connectivity index (χ3v) is 14.8. The lowest BCUT2D eigenvalue weighted by Crippen LogP contribution is -2.27. The largest absolute Gasteiger partial charge is 0.297 e. The number of aromatic nitrogens is 15. The lowest BCUT2D eigenvalue weighted by molar-refractivity contribution is -0.120. The average Bonchev–Trinajstić information content (AvgIpc) is 4.28. The summed E-state index contributed by atoms with van der Waals surface area (Å²) in [6.45, 7) is 6.59. The first-order chi connectivity index (χ1) is 39.2. The molecule has 9 heterocycles. The molecule has 0 radical (unpaired) electrons. The van der Waals surface area contributed by atoms with Crippen molar-refractivity contribution in [2.75, 3.05) is 0 Å². The lowest BCUT2D eigenvalue weighted by atomic mass is 9.90. The highest BCUT2D eigenvalue weighted by Gasteiger charge is 2.19. The molecule has 0 bridgehead atoms. The Morgan fingerprint density at radius 2 is 0.716 bits per heavy atom. The number of Topliss-reactive ketones (excluding diaryl/α,β-unsaturated/α-hetero) is 3. The van der Waals surface area contributed by atoms with E-state index in [1.165, 1.54) is 51.2 Å². The second-order valence-corrected chi connectivity index (χ2v) is 21.4. The van der Waals surface area contributed by atoms with E-state index in [2.05, 4.69) is 84.5 Å². The third kappa shape index (κ3) is 14.3. The molecule has 3 aliphatic carbocycles. The number of fused-ring (bicyclic) bond motifs is 3. The Balaban J connectivity index is 0.000000136. The number of pyridine rings is 3. The fourth-order valence-corrected chi connectivity index (χ4v) is 10.0. The third-order valence-electron chi connectivity index (χ3n) is 14.8. The number of hydrogen-bond acceptors (Lipinski definition) is 15. The van der Waals surface area contributed by atoms with Crippen molar-refractivity contribution in [3.8, 4) is 0 Å². The highest BCUT2D eigenvalue weighted by molar-refractivity contribution is 5.82. The zero-order chi connectivity index (χ0) is 56.4. The summed E-state index contributed by atoms with van der Waals surface area (Å²) in [5.74, 6) is 1.82. The first kappa shape index (κ1) is 55.1. The van der Waals surface area contributed by atoms with Crippen LogP contribution in [-0.2, 0) is 53.3 Å². The molecule has 3 atom stereocenters. The summed E-state index contributed by atoms with van der Waals surface area (Å²) in [6.07, 6.45) is 26.3. The summed E-state index contributed by atoms with van der Waals surface area (Å²) in [5, 5.41) is 25.5. The minimum atomic E-state index is -0.261. The van der Waals surface area contributed by atoms with Crippen molar-refractivity contribution < 1.29 is 14.4 Å².